The van der Waals surface area contributed by atoms with Crippen LogP contribution in [0.1, 0.15) is 25.3 Å². The van der Waals surface area contributed by atoms with Crippen LogP contribution in [0.15, 0.2) is 30.0 Å². The van der Waals surface area contributed by atoms with Crippen LogP contribution in [0.3, 0.4) is 0 Å². The van der Waals surface area contributed by atoms with E-state index in [0.717, 1.165) is 12.0 Å². The summed E-state index contributed by atoms with van der Waals surface area (Å²) in [6, 6.07) is 5.92. The molecule has 1 aliphatic heterocycles. The lowest BCUT2D eigenvalue weighted by molar-refractivity contribution is -0.117. The molecule has 0 spiro atoms. The predicted molar refractivity (Wildman–Crippen MR) is 84.5 cm³/mol. The maximum absolute atomic E-state index is 11.6. The summed E-state index contributed by atoms with van der Waals surface area (Å²) in [6.07, 6.45) is 3.58. The number of fused-ring (bicyclic) bond motifs is 1. The normalized spacial score (nSPS) is 24.5. The average molecular weight is 318 g/mol. The van der Waals surface area contributed by atoms with E-state index in [1.54, 1.807) is 20.3 Å². The van der Waals surface area contributed by atoms with Crippen molar-refractivity contribution in [1.29, 1.82) is 0 Å². The number of ether oxygens (including phenoxy) is 4. The first-order chi connectivity index (χ1) is 11.1. The average Bonchev–Trinajstić information content (AvgIpc) is 2.98. The van der Waals surface area contributed by atoms with E-state index in [2.05, 4.69) is 6.92 Å². The quantitative estimate of drug-likeness (QED) is 0.835. The fraction of sp³-hybridized carbons (Fsp3) is 0.500. The second-order valence-electron chi connectivity index (χ2n) is 6.07. The molecule has 1 unspecified atom stereocenters. The molecule has 124 valence electrons. The third-order valence-electron chi connectivity index (χ3n) is 4.77. The van der Waals surface area contributed by atoms with Crippen LogP contribution >= 0.6 is 0 Å². The van der Waals surface area contributed by atoms with Crippen LogP contribution in [0.5, 0.6) is 11.5 Å². The van der Waals surface area contributed by atoms with Crippen molar-refractivity contribution >= 4 is 5.78 Å². The number of carbonyl (C=O) groups is 1. The molecule has 1 aromatic carbocycles. The van der Waals surface area contributed by atoms with Crippen molar-refractivity contribution in [2.45, 2.75) is 31.8 Å². The molecule has 1 aliphatic carbocycles. The fourth-order valence-corrected chi connectivity index (χ4v) is 3.44. The lowest BCUT2D eigenvalue weighted by Gasteiger charge is -2.35. The van der Waals surface area contributed by atoms with Gasteiger partial charge in [0.1, 0.15) is 11.4 Å². The number of hydrogen-bond acceptors (Lipinski definition) is 5. The first-order valence-corrected chi connectivity index (χ1v) is 7.81. The Morgan fingerprint density at radius 1 is 1.26 bits per heavy atom. The van der Waals surface area contributed by atoms with E-state index >= 15 is 0 Å². The van der Waals surface area contributed by atoms with E-state index in [4.69, 9.17) is 18.9 Å². The van der Waals surface area contributed by atoms with E-state index in [1.165, 1.54) is 0 Å². The summed E-state index contributed by atoms with van der Waals surface area (Å²) in [5.41, 5.74) is 0.650. The minimum Gasteiger partial charge on any atom is -0.493 e. The van der Waals surface area contributed by atoms with Crippen LogP contribution in [0.2, 0.25) is 0 Å². The number of allylic oxidation sites excluding steroid dienone is 1. The van der Waals surface area contributed by atoms with Crippen molar-refractivity contribution < 1.29 is 23.7 Å². The molecule has 0 bridgehead atoms. The maximum atomic E-state index is 11.6. The molecule has 0 aromatic heterocycles. The summed E-state index contributed by atoms with van der Waals surface area (Å²) in [7, 11) is 3.25. The van der Waals surface area contributed by atoms with Gasteiger partial charge in [0.15, 0.2) is 24.1 Å². The summed E-state index contributed by atoms with van der Waals surface area (Å²) in [6.45, 7) is 2.35. The van der Waals surface area contributed by atoms with Crippen LogP contribution in [0, 0.1) is 5.92 Å². The Labute approximate surface area is 136 Å². The molecule has 0 amide bonds. The van der Waals surface area contributed by atoms with E-state index in [1.807, 2.05) is 18.2 Å². The molecule has 2 aliphatic rings. The SMILES string of the molecule is COc1ccc(CC(C)[C@]23CCC(=O)C=C2OCO3)cc1OC. The van der Waals surface area contributed by atoms with Gasteiger partial charge in [0.2, 0.25) is 0 Å². The van der Waals surface area contributed by atoms with Gasteiger partial charge in [-0.05, 0) is 36.5 Å². The van der Waals surface area contributed by atoms with Gasteiger partial charge in [0.25, 0.3) is 0 Å². The number of hydrogen-bond donors (Lipinski definition) is 0. The zero-order valence-electron chi connectivity index (χ0n) is 13.8. The van der Waals surface area contributed by atoms with Crippen LogP contribution in [-0.2, 0) is 20.7 Å². The van der Waals surface area contributed by atoms with E-state index in [-0.39, 0.29) is 18.5 Å². The highest BCUT2D eigenvalue weighted by atomic mass is 16.7. The Morgan fingerprint density at radius 3 is 2.78 bits per heavy atom. The predicted octanol–water partition coefficient (Wildman–Crippen LogP) is 2.87. The molecule has 1 aromatic rings. The smallest absolute Gasteiger partial charge is 0.189 e. The highest BCUT2D eigenvalue weighted by Crippen LogP contribution is 2.44. The summed E-state index contributed by atoms with van der Waals surface area (Å²) in [5, 5.41) is 0. The van der Waals surface area contributed by atoms with Gasteiger partial charge in [-0.15, -0.1) is 0 Å². The Morgan fingerprint density at radius 2 is 2.04 bits per heavy atom. The van der Waals surface area contributed by atoms with E-state index in [0.29, 0.717) is 30.1 Å². The Hall–Kier alpha value is -2.01. The molecule has 3 rings (SSSR count). The number of rotatable bonds is 5. The van der Waals surface area contributed by atoms with E-state index < -0.39 is 5.60 Å². The van der Waals surface area contributed by atoms with Crippen molar-refractivity contribution in [2.75, 3.05) is 21.0 Å². The summed E-state index contributed by atoms with van der Waals surface area (Å²) < 4.78 is 22.1. The molecule has 1 saturated heterocycles. The second-order valence-corrected chi connectivity index (χ2v) is 6.07. The minimum absolute atomic E-state index is 0.111. The third-order valence-corrected chi connectivity index (χ3v) is 4.77. The first-order valence-electron chi connectivity index (χ1n) is 7.81. The highest BCUT2D eigenvalue weighted by molar-refractivity contribution is 5.91. The van der Waals surface area contributed by atoms with Gasteiger partial charge in [-0.2, -0.15) is 0 Å². The topological polar surface area (TPSA) is 54.0 Å². The van der Waals surface area contributed by atoms with Gasteiger partial charge in [0, 0.05) is 12.5 Å². The lowest BCUT2D eigenvalue weighted by Crippen LogP contribution is -2.41. The van der Waals surface area contributed by atoms with Crippen molar-refractivity contribution in [3.63, 3.8) is 0 Å². The molecule has 0 radical (unpaired) electrons. The summed E-state index contributed by atoms with van der Waals surface area (Å²) in [5.74, 6) is 2.41. The largest absolute Gasteiger partial charge is 0.493 e. The molecule has 1 heterocycles. The molecule has 0 saturated carbocycles. The number of methoxy groups -OCH3 is 2. The monoisotopic (exact) mass is 318 g/mol. The van der Waals surface area contributed by atoms with Gasteiger partial charge in [0.05, 0.1) is 14.2 Å². The third kappa shape index (κ3) is 2.81. The zero-order valence-corrected chi connectivity index (χ0v) is 13.8. The molecule has 5 heteroatoms. The summed E-state index contributed by atoms with van der Waals surface area (Å²) in [4.78, 5) is 11.6. The zero-order chi connectivity index (χ0) is 16.4. The van der Waals surface area contributed by atoms with Crippen LogP contribution in [0.25, 0.3) is 0 Å². The molecular formula is C18H22O5. The standard InChI is InChI=1S/C18H22O5/c1-12(8-13-4-5-15(20-2)16(9-13)21-3)18-7-6-14(19)10-17(18)22-11-23-18/h4-5,9-10,12H,6-8,11H2,1-3H3/t12?,18-/m1/s1. The van der Waals surface area contributed by atoms with Gasteiger partial charge in [-0.25, -0.2) is 0 Å². The van der Waals surface area contributed by atoms with Gasteiger partial charge in [-0.3, -0.25) is 4.79 Å². The molecule has 5 nitrogen and oxygen atoms in total. The van der Waals surface area contributed by atoms with Crippen molar-refractivity contribution in [3.05, 3.63) is 35.6 Å². The fourth-order valence-electron chi connectivity index (χ4n) is 3.44. The maximum Gasteiger partial charge on any atom is 0.189 e. The molecule has 2 atom stereocenters. The number of carbonyl (C=O) groups excluding carboxylic acids is 1. The van der Waals surface area contributed by atoms with Gasteiger partial charge in [-0.1, -0.05) is 13.0 Å². The number of benzene rings is 1. The van der Waals surface area contributed by atoms with E-state index in [9.17, 15) is 4.79 Å². The molecule has 0 N–H and O–H groups in total. The Bertz CT molecular complexity index is 636. The van der Waals surface area contributed by atoms with Crippen LogP contribution in [-0.4, -0.2) is 32.4 Å². The van der Waals surface area contributed by atoms with Gasteiger partial charge >= 0.3 is 0 Å². The lowest BCUT2D eigenvalue weighted by atomic mass is 9.76. The first kappa shape index (κ1) is 15.9. The van der Waals surface area contributed by atoms with Gasteiger partial charge < -0.3 is 18.9 Å². The number of ketones is 1. The summed E-state index contributed by atoms with van der Waals surface area (Å²) >= 11 is 0. The van der Waals surface area contributed by atoms with Crippen molar-refractivity contribution in [1.82, 2.24) is 0 Å². The Balaban J connectivity index is 1.83. The van der Waals surface area contributed by atoms with Crippen molar-refractivity contribution in [3.8, 4) is 11.5 Å². The molecular weight excluding hydrogens is 296 g/mol. The minimum atomic E-state index is -0.485. The highest BCUT2D eigenvalue weighted by Gasteiger charge is 2.48. The van der Waals surface area contributed by atoms with Crippen LogP contribution < -0.4 is 9.47 Å². The Kier molecular flexibility index (Phi) is 4.31. The molecule has 1 fully saturated rings. The van der Waals surface area contributed by atoms with Crippen LogP contribution in [0.4, 0.5) is 0 Å². The van der Waals surface area contributed by atoms with Crippen molar-refractivity contribution in [2.24, 2.45) is 5.92 Å². The second kappa shape index (κ2) is 6.24. The molecule has 23 heavy (non-hydrogen) atoms.